The second kappa shape index (κ2) is 8.57. The van der Waals surface area contributed by atoms with Gasteiger partial charge in [-0.3, -0.25) is 4.72 Å². The molecule has 0 bridgehead atoms. The Hall–Kier alpha value is -2.74. The Morgan fingerprint density at radius 3 is 2.38 bits per heavy atom. The van der Waals surface area contributed by atoms with Crippen LogP contribution >= 0.6 is 0 Å². The number of rotatable bonds is 8. The molecule has 2 aromatic rings. The molecule has 0 saturated carbocycles. The fourth-order valence-corrected chi connectivity index (χ4v) is 3.30. The van der Waals surface area contributed by atoms with E-state index in [1.807, 2.05) is 6.92 Å². The number of sulfonamides is 1. The molecule has 0 saturated heterocycles. The van der Waals surface area contributed by atoms with Gasteiger partial charge in [-0.25, -0.2) is 13.2 Å². The standard InChI is InChI=1S/C18H21NO6S/c1-4-11-25-18(20)14-7-5-6-8-15(14)19-26(21,22)13-9-10-16(23-2)17(12-13)24-3/h5-10,12,19H,4,11H2,1-3H3. The number of nitrogens with one attached hydrogen (secondary N) is 1. The number of hydrogen-bond acceptors (Lipinski definition) is 6. The van der Waals surface area contributed by atoms with Gasteiger partial charge in [-0.05, 0) is 30.7 Å². The Balaban J connectivity index is 2.34. The summed E-state index contributed by atoms with van der Waals surface area (Å²) in [7, 11) is -1.06. The normalized spacial score (nSPS) is 10.9. The monoisotopic (exact) mass is 379 g/mol. The Bertz CT molecular complexity index is 879. The van der Waals surface area contributed by atoms with Crippen LogP contribution in [-0.2, 0) is 14.8 Å². The van der Waals surface area contributed by atoms with Crippen LogP contribution in [0.3, 0.4) is 0 Å². The number of carbonyl (C=O) groups is 1. The first-order valence-corrected chi connectivity index (χ1v) is 9.42. The highest BCUT2D eigenvalue weighted by molar-refractivity contribution is 7.92. The summed E-state index contributed by atoms with van der Waals surface area (Å²) in [6.07, 6.45) is 0.672. The van der Waals surface area contributed by atoms with Gasteiger partial charge in [0.25, 0.3) is 10.0 Å². The molecule has 0 aliphatic rings. The average molecular weight is 379 g/mol. The van der Waals surface area contributed by atoms with Gasteiger partial charge in [-0.15, -0.1) is 0 Å². The van der Waals surface area contributed by atoms with Crippen molar-refractivity contribution in [1.82, 2.24) is 0 Å². The van der Waals surface area contributed by atoms with Crippen molar-refractivity contribution >= 4 is 21.7 Å². The summed E-state index contributed by atoms with van der Waals surface area (Å²) in [5, 5.41) is 0. The SMILES string of the molecule is CCCOC(=O)c1ccccc1NS(=O)(=O)c1ccc(OC)c(OC)c1. The van der Waals surface area contributed by atoms with E-state index in [0.717, 1.165) is 0 Å². The van der Waals surface area contributed by atoms with E-state index < -0.39 is 16.0 Å². The predicted octanol–water partition coefficient (Wildman–Crippen LogP) is 3.07. The predicted molar refractivity (Wildman–Crippen MR) is 97.4 cm³/mol. The van der Waals surface area contributed by atoms with Crippen LogP contribution in [0.1, 0.15) is 23.7 Å². The number of methoxy groups -OCH3 is 2. The summed E-state index contributed by atoms with van der Waals surface area (Å²) in [6, 6.07) is 10.5. The minimum absolute atomic E-state index is 0.0214. The lowest BCUT2D eigenvalue weighted by molar-refractivity contribution is 0.0506. The van der Waals surface area contributed by atoms with Crippen LogP contribution in [-0.4, -0.2) is 35.2 Å². The molecule has 26 heavy (non-hydrogen) atoms. The van der Waals surface area contributed by atoms with E-state index in [2.05, 4.69) is 4.72 Å². The number of para-hydroxylation sites is 1. The Labute approximate surface area is 152 Å². The van der Waals surface area contributed by atoms with E-state index in [1.54, 1.807) is 12.1 Å². The van der Waals surface area contributed by atoms with Crippen molar-refractivity contribution in [3.63, 3.8) is 0 Å². The highest BCUT2D eigenvalue weighted by Crippen LogP contribution is 2.30. The van der Waals surface area contributed by atoms with Gasteiger partial charge in [0.1, 0.15) is 0 Å². The third kappa shape index (κ3) is 4.45. The van der Waals surface area contributed by atoms with Gasteiger partial charge in [0, 0.05) is 6.07 Å². The maximum atomic E-state index is 12.7. The molecule has 0 amide bonds. The van der Waals surface area contributed by atoms with Gasteiger partial charge in [0.05, 0.1) is 37.0 Å². The van der Waals surface area contributed by atoms with Crippen LogP contribution < -0.4 is 14.2 Å². The molecule has 0 spiro atoms. The van der Waals surface area contributed by atoms with Crippen LogP contribution in [0.2, 0.25) is 0 Å². The Morgan fingerprint density at radius 1 is 1.04 bits per heavy atom. The first kappa shape index (κ1) is 19.6. The topological polar surface area (TPSA) is 90.9 Å². The summed E-state index contributed by atoms with van der Waals surface area (Å²) < 4.78 is 43.2. The average Bonchev–Trinajstić information content (AvgIpc) is 2.65. The zero-order valence-corrected chi connectivity index (χ0v) is 15.6. The first-order valence-electron chi connectivity index (χ1n) is 7.94. The van der Waals surface area contributed by atoms with E-state index >= 15 is 0 Å². The van der Waals surface area contributed by atoms with Gasteiger partial charge in [0.2, 0.25) is 0 Å². The lowest BCUT2D eigenvalue weighted by Crippen LogP contribution is -2.16. The molecular formula is C18H21NO6S. The number of anilines is 1. The second-order valence-electron chi connectivity index (χ2n) is 5.30. The maximum Gasteiger partial charge on any atom is 0.340 e. The van der Waals surface area contributed by atoms with E-state index in [4.69, 9.17) is 14.2 Å². The minimum atomic E-state index is -3.94. The molecule has 0 atom stereocenters. The molecule has 140 valence electrons. The van der Waals surface area contributed by atoms with Crippen molar-refractivity contribution in [2.24, 2.45) is 0 Å². The lowest BCUT2D eigenvalue weighted by Gasteiger charge is -2.13. The molecular weight excluding hydrogens is 358 g/mol. The van der Waals surface area contributed by atoms with E-state index in [0.29, 0.717) is 12.2 Å². The minimum Gasteiger partial charge on any atom is -0.493 e. The number of esters is 1. The van der Waals surface area contributed by atoms with Crippen molar-refractivity contribution in [2.75, 3.05) is 25.5 Å². The number of hydrogen-bond donors (Lipinski definition) is 1. The number of ether oxygens (including phenoxy) is 3. The van der Waals surface area contributed by atoms with Crippen LogP contribution in [0, 0.1) is 0 Å². The first-order chi connectivity index (χ1) is 12.4. The van der Waals surface area contributed by atoms with Crippen LogP contribution in [0.4, 0.5) is 5.69 Å². The Morgan fingerprint density at radius 2 is 1.73 bits per heavy atom. The molecule has 0 aliphatic carbocycles. The van der Waals surface area contributed by atoms with E-state index in [1.165, 1.54) is 44.6 Å². The third-order valence-electron chi connectivity index (χ3n) is 3.49. The zero-order chi connectivity index (χ0) is 19.2. The fraction of sp³-hybridized carbons (Fsp3) is 0.278. The largest absolute Gasteiger partial charge is 0.493 e. The molecule has 0 heterocycles. The maximum absolute atomic E-state index is 12.7. The van der Waals surface area contributed by atoms with Gasteiger partial charge in [-0.1, -0.05) is 19.1 Å². The third-order valence-corrected chi connectivity index (χ3v) is 4.86. The highest BCUT2D eigenvalue weighted by Gasteiger charge is 2.21. The number of carbonyl (C=O) groups excluding carboxylic acids is 1. The van der Waals surface area contributed by atoms with Gasteiger partial charge >= 0.3 is 5.97 Å². The molecule has 0 fully saturated rings. The summed E-state index contributed by atoms with van der Waals surface area (Å²) in [6.45, 7) is 2.13. The van der Waals surface area contributed by atoms with Crippen LogP contribution in [0.15, 0.2) is 47.4 Å². The van der Waals surface area contributed by atoms with Crippen LogP contribution in [0.25, 0.3) is 0 Å². The van der Waals surface area contributed by atoms with Crippen molar-refractivity contribution in [2.45, 2.75) is 18.2 Å². The lowest BCUT2D eigenvalue weighted by atomic mass is 10.2. The molecule has 1 N–H and O–H groups in total. The van der Waals surface area contributed by atoms with E-state index in [-0.39, 0.29) is 28.5 Å². The molecule has 7 nitrogen and oxygen atoms in total. The molecule has 8 heteroatoms. The molecule has 0 aliphatic heterocycles. The van der Waals surface area contributed by atoms with Crippen LogP contribution in [0.5, 0.6) is 11.5 Å². The van der Waals surface area contributed by atoms with Crippen molar-refractivity contribution in [3.8, 4) is 11.5 Å². The number of benzene rings is 2. The quantitative estimate of drug-likeness (QED) is 0.709. The molecule has 0 unspecified atom stereocenters. The smallest absolute Gasteiger partial charge is 0.340 e. The zero-order valence-electron chi connectivity index (χ0n) is 14.8. The molecule has 2 aromatic carbocycles. The van der Waals surface area contributed by atoms with Gasteiger partial charge in [0.15, 0.2) is 11.5 Å². The highest BCUT2D eigenvalue weighted by atomic mass is 32.2. The van der Waals surface area contributed by atoms with Crippen molar-refractivity contribution in [1.29, 1.82) is 0 Å². The second-order valence-corrected chi connectivity index (χ2v) is 6.99. The van der Waals surface area contributed by atoms with Gasteiger partial charge < -0.3 is 14.2 Å². The molecule has 0 aromatic heterocycles. The Kier molecular flexibility index (Phi) is 6.46. The molecule has 0 radical (unpaired) electrons. The summed E-state index contributed by atoms with van der Waals surface area (Å²) in [4.78, 5) is 12.1. The van der Waals surface area contributed by atoms with E-state index in [9.17, 15) is 13.2 Å². The van der Waals surface area contributed by atoms with Crippen molar-refractivity contribution in [3.05, 3.63) is 48.0 Å². The summed E-state index contributed by atoms with van der Waals surface area (Å²) >= 11 is 0. The fourth-order valence-electron chi connectivity index (χ4n) is 2.21. The molecule has 2 rings (SSSR count). The van der Waals surface area contributed by atoms with Crippen molar-refractivity contribution < 1.29 is 27.4 Å². The summed E-state index contributed by atoms with van der Waals surface area (Å²) in [5.74, 6) is 0.110. The summed E-state index contributed by atoms with van der Waals surface area (Å²) in [5.41, 5.74) is 0.286. The van der Waals surface area contributed by atoms with Gasteiger partial charge in [-0.2, -0.15) is 0 Å².